The van der Waals surface area contributed by atoms with E-state index in [1.54, 1.807) is 18.3 Å². The van der Waals surface area contributed by atoms with Crippen LogP contribution in [-0.2, 0) is 17.8 Å². The minimum absolute atomic E-state index is 0.0610. The number of halogens is 1. The number of thiocarbonyl (C=S) groups is 1. The third kappa shape index (κ3) is 5.82. The fourth-order valence-corrected chi connectivity index (χ4v) is 4.97. The van der Waals surface area contributed by atoms with Crippen LogP contribution in [0.1, 0.15) is 12.5 Å². The predicted molar refractivity (Wildman–Crippen MR) is 147 cm³/mol. The van der Waals surface area contributed by atoms with Crippen molar-refractivity contribution >= 4 is 50.5 Å². The van der Waals surface area contributed by atoms with E-state index in [0.717, 1.165) is 32.8 Å². The zero-order valence-corrected chi connectivity index (χ0v) is 21.4. The molecule has 10 heteroatoms. The molecule has 0 bridgehead atoms. The molecule has 5 aromatic rings. The molecule has 3 aromatic heterocycles. The Hall–Kier alpha value is -4.15. The van der Waals surface area contributed by atoms with Gasteiger partial charge in [-0.3, -0.25) is 14.5 Å². The standard InChI is InChI=1S/C27H22FN5O2S2/c1-2-33-16-18(15-30-33)24-14-21-26(37-24)23(10-11-29-21)35-22-9-8-19(13-20(22)28)31-27(36)32-25(34)12-17-6-4-3-5-7-17/h3-11,13-16H,2,12H2,1H3,(H2,31,32,34,36). The van der Waals surface area contributed by atoms with Gasteiger partial charge in [0.2, 0.25) is 5.91 Å². The second-order valence-electron chi connectivity index (χ2n) is 8.13. The number of thiophene rings is 1. The highest BCUT2D eigenvalue weighted by Crippen LogP contribution is 2.39. The lowest BCUT2D eigenvalue weighted by atomic mass is 10.1. The molecule has 37 heavy (non-hydrogen) atoms. The second-order valence-corrected chi connectivity index (χ2v) is 9.59. The van der Waals surface area contributed by atoms with Gasteiger partial charge in [0.15, 0.2) is 16.7 Å². The number of carbonyl (C=O) groups excluding carboxylic acids is 1. The van der Waals surface area contributed by atoms with Gasteiger partial charge in [0.05, 0.1) is 22.8 Å². The molecule has 0 saturated heterocycles. The zero-order chi connectivity index (χ0) is 25.8. The number of aryl methyl sites for hydroxylation is 1. The molecule has 0 radical (unpaired) electrons. The van der Waals surface area contributed by atoms with Gasteiger partial charge in [-0.05, 0) is 42.9 Å². The maximum atomic E-state index is 14.9. The number of nitrogens with zero attached hydrogens (tertiary/aromatic N) is 3. The zero-order valence-electron chi connectivity index (χ0n) is 19.8. The van der Waals surface area contributed by atoms with E-state index in [0.29, 0.717) is 11.4 Å². The van der Waals surface area contributed by atoms with E-state index in [9.17, 15) is 9.18 Å². The minimum Gasteiger partial charge on any atom is -0.453 e. The highest BCUT2D eigenvalue weighted by Gasteiger charge is 2.14. The number of pyridine rings is 1. The van der Waals surface area contributed by atoms with Gasteiger partial charge in [-0.1, -0.05) is 30.3 Å². The van der Waals surface area contributed by atoms with Crippen molar-refractivity contribution in [3.05, 3.63) is 90.6 Å². The van der Waals surface area contributed by atoms with Crippen LogP contribution in [0.4, 0.5) is 10.1 Å². The monoisotopic (exact) mass is 531 g/mol. The molecular weight excluding hydrogens is 509 g/mol. The second kappa shape index (κ2) is 10.9. The van der Waals surface area contributed by atoms with Crippen molar-refractivity contribution in [3.63, 3.8) is 0 Å². The third-order valence-corrected chi connectivity index (χ3v) is 6.88. The lowest BCUT2D eigenvalue weighted by molar-refractivity contribution is -0.119. The molecule has 2 N–H and O–H groups in total. The minimum atomic E-state index is -0.575. The summed E-state index contributed by atoms with van der Waals surface area (Å²) in [5.74, 6) is -0.268. The quantitative estimate of drug-likeness (QED) is 0.245. The molecule has 0 atom stereocenters. The van der Waals surface area contributed by atoms with E-state index in [-0.39, 0.29) is 23.2 Å². The first-order chi connectivity index (χ1) is 18.0. The van der Waals surface area contributed by atoms with Gasteiger partial charge in [0.1, 0.15) is 5.75 Å². The molecule has 0 fully saturated rings. The predicted octanol–water partition coefficient (Wildman–Crippen LogP) is 6.17. The average Bonchev–Trinajstić information content (AvgIpc) is 3.54. The van der Waals surface area contributed by atoms with E-state index in [1.165, 1.54) is 23.5 Å². The van der Waals surface area contributed by atoms with Crippen molar-refractivity contribution in [2.45, 2.75) is 19.9 Å². The Bertz CT molecular complexity index is 1580. The van der Waals surface area contributed by atoms with Gasteiger partial charge in [-0.15, -0.1) is 11.3 Å². The molecule has 2 aromatic carbocycles. The number of aromatic nitrogens is 3. The average molecular weight is 532 g/mol. The van der Waals surface area contributed by atoms with E-state index in [1.807, 2.05) is 60.4 Å². The topological polar surface area (TPSA) is 81.1 Å². The Morgan fingerprint density at radius 2 is 1.97 bits per heavy atom. The lowest BCUT2D eigenvalue weighted by Gasteiger charge is -2.12. The Morgan fingerprint density at radius 3 is 2.73 bits per heavy atom. The Kier molecular flexibility index (Phi) is 7.20. The van der Waals surface area contributed by atoms with E-state index < -0.39 is 5.82 Å². The number of hydrogen-bond acceptors (Lipinski definition) is 6. The maximum Gasteiger partial charge on any atom is 0.230 e. The largest absolute Gasteiger partial charge is 0.453 e. The smallest absolute Gasteiger partial charge is 0.230 e. The van der Waals surface area contributed by atoms with E-state index in [2.05, 4.69) is 20.7 Å². The third-order valence-electron chi connectivity index (χ3n) is 5.49. The highest BCUT2D eigenvalue weighted by molar-refractivity contribution is 7.80. The van der Waals surface area contributed by atoms with E-state index in [4.69, 9.17) is 17.0 Å². The SMILES string of the molecule is CCn1cc(-c2cc3nccc(Oc4ccc(NC(=S)NC(=O)Cc5ccccc5)cc4F)c3s2)cn1. The van der Waals surface area contributed by atoms with Gasteiger partial charge in [0, 0.05) is 47.2 Å². The number of hydrogen-bond donors (Lipinski definition) is 2. The van der Waals surface area contributed by atoms with Crippen LogP contribution in [0.25, 0.3) is 20.7 Å². The van der Waals surface area contributed by atoms with Gasteiger partial charge in [-0.25, -0.2) is 4.39 Å². The summed E-state index contributed by atoms with van der Waals surface area (Å²) in [5.41, 5.74) is 3.01. The molecule has 1 amide bonds. The molecule has 3 heterocycles. The van der Waals surface area contributed by atoms with Gasteiger partial charge in [0.25, 0.3) is 0 Å². The first-order valence-corrected chi connectivity index (χ1v) is 12.7. The van der Waals surface area contributed by atoms with Crippen molar-refractivity contribution in [1.82, 2.24) is 20.1 Å². The first-order valence-electron chi connectivity index (χ1n) is 11.5. The number of benzene rings is 2. The number of nitrogens with one attached hydrogen (secondary N) is 2. The molecule has 0 aliphatic heterocycles. The fourth-order valence-electron chi connectivity index (χ4n) is 3.70. The molecular formula is C27H22FN5O2S2. The maximum absolute atomic E-state index is 14.9. The van der Waals surface area contributed by atoms with Gasteiger partial charge >= 0.3 is 0 Å². The van der Waals surface area contributed by atoms with Crippen LogP contribution in [-0.4, -0.2) is 25.8 Å². The highest BCUT2D eigenvalue weighted by atomic mass is 32.1. The Labute approximate surface area is 221 Å². The summed E-state index contributed by atoms with van der Waals surface area (Å²) >= 11 is 6.72. The number of amides is 1. The summed E-state index contributed by atoms with van der Waals surface area (Å²) in [5, 5.41) is 9.86. The van der Waals surface area contributed by atoms with Crippen LogP contribution in [0.2, 0.25) is 0 Å². The first kappa shape index (κ1) is 24.5. The van der Waals surface area contributed by atoms with Crippen LogP contribution in [0.15, 0.2) is 79.3 Å². The number of rotatable bonds is 7. The molecule has 0 unspecified atom stereocenters. The normalized spacial score (nSPS) is 10.9. The molecule has 5 rings (SSSR count). The summed E-state index contributed by atoms with van der Waals surface area (Å²) in [6.45, 7) is 2.81. The van der Waals surface area contributed by atoms with Crippen LogP contribution in [0.3, 0.4) is 0 Å². The summed E-state index contributed by atoms with van der Waals surface area (Å²) in [6.07, 6.45) is 5.61. The number of carbonyl (C=O) groups is 1. The number of anilines is 1. The Morgan fingerprint density at radius 1 is 1.14 bits per heavy atom. The number of ether oxygens (including phenoxy) is 1. The Balaban J connectivity index is 1.26. The van der Waals surface area contributed by atoms with Crippen LogP contribution in [0.5, 0.6) is 11.5 Å². The summed E-state index contributed by atoms with van der Waals surface area (Å²) < 4.78 is 23.5. The lowest BCUT2D eigenvalue weighted by Crippen LogP contribution is -2.35. The summed E-state index contributed by atoms with van der Waals surface area (Å²) in [6, 6.07) is 17.4. The van der Waals surface area contributed by atoms with Crippen LogP contribution in [0, 0.1) is 5.82 Å². The molecule has 0 saturated carbocycles. The molecule has 186 valence electrons. The molecule has 0 aliphatic carbocycles. The number of fused-ring (bicyclic) bond motifs is 1. The fraction of sp³-hybridized carbons (Fsp3) is 0.111. The van der Waals surface area contributed by atoms with Crippen molar-refractivity contribution < 1.29 is 13.9 Å². The van der Waals surface area contributed by atoms with Gasteiger partial charge < -0.3 is 15.4 Å². The van der Waals surface area contributed by atoms with Crippen molar-refractivity contribution in [3.8, 4) is 21.9 Å². The summed E-state index contributed by atoms with van der Waals surface area (Å²) in [4.78, 5) is 17.6. The van der Waals surface area contributed by atoms with Gasteiger partial charge in [-0.2, -0.15) is 5.10 Å². The van der Waals surface area contributed by atoms with E-state index >= 15 is 0 Å². The van der Waals surface area contributed by atoms with Crippen LogP contribution >= 0.6 is 23.6 Å². The van der Waals surface area contributed by atoms with Crippen LogP contribution < -0.4 is 15.4 Å². The van der Waals surface area contributed by atoms with Crippen molar-refractivity contribution in [1.29, 1.82) is 0 Å². The van der Waals surface area contributed by atoms with Crippen molar-refractivity contribution in [2.75, 3.05) is 5.32 Å². The summed E-state index contributed by atoms with van der Waals surface area (Å²) in [7, 11) is 0. The van der Waals surface area contributed by atoms with Crippen molar-refractivity contribution in [2.24, 2.45) is 0 Å². The molecule has 7 nitrogen and oxygen atoms in total. The molecule has 0 aliphatic rings. The molecule has 0 spiro atoms.